The van der Waals surface area contributed by atoms with Gasteiger partial charge < -0.3 is 21.3 Å². The molecule has 3 unspecified atom stereocenters. The van der Waals surface area contributed by atoms with E-state index in [0.717, 1.165) is 62.8 Å². The molecule has 3 aliphatic rings. The van der Waals surface area contributed by atoms with Crippen LogP contribution in [0.15, 0.2) is 34.5 Å². The van der Waals surface area contributed by atoms with E-state index in [1.807, 2.05) is 11.8 Å². The highest BCUT2D eigenvalue weighted by atomic mass is 32.2. The maximum atomic E-state index is 13.0. The SMILES string of the molecule is O=C(CCCCC1SCC2NC(=O)NC21)NCCCCCCNCc1ccc(C2(C(F)(F)F)N=N2)cc1. The van der Waals surface area contributed by atoms with Crippen LogP contribution in [0.1, 0.15) is 62.5 Å². The van der Waals surface area contributed by atoms with E-state index < -0.39 is 11.8 Å². The molecule has 8 nitrogen and oxygen atoms in total. The van der Waals surface area contributed by atoms with E-state index >= 15 is 0 Å². The standard InChI is InChI=1S/C25H35F3N6O2S/c26-25(27,28)24(33-34-24)18-11-9-17(10-12-18)15-29-13-5-1-2-6-14-30-21(35)8-4-3-7-20-22-19(16-37-20)31-23(36)32-22/h9-12,19-20,22,29H,1-8,13-16H2,(H,30,35)(H2,31,32,36). The number of carbonyl (C=O) groups excluding carboxylic acids is 2. The molecule has 2 fully saturated rings. The van der Waals surface area contributed by atoms with Crippen molar-refractivity contribution in [2.75, 3.05) is 18.8 Å². The smallest absolute Gasteiger partial charge is 0.356 e. The van der Waals surface area contributed by atoms with Crippen molar-refractivity contribution in [2.45, 2.75) is 87.1 Å². The van der Waals surface area contributed by atoms with Gasteiger partial charge in [-0.3, -0.25) is 4.79 Å². The van der Waals surface area contributed by atoms with Gasteiger partial charge in [-0.25, -0.2) is 4.79 Å². The van der Waals surface area contributed by atoms with E-state index in [4.69, 9.17) is 0 Å². The summed E-state index contributed by atoms with van der Waals surface area (Å²) in [7, 11) is 0. The maximum Gasteiger partial charge on any atom is 0.442 e. The van der Waals surface area contributed by atoms with Crippen LogP contribution < -0.4 is 21.3 Å². The summed E-state index contributed by atoms with van der Waals surface area (Å²) in [5, 5.41) is 19.1. The van der Waals surface area contributed by atoms with Crippen molar-refractivity contribution in [3.8, 4) is 0 Å². The first kappa shape index (κ1) is 27.7. The van der Waals surface area contributed by atoms with Crippen molar-refractivity contribution >= 4 is 23.7 Å². The lowest BCUT2D eigenvalue weighted by molar-refractivity contribution is -0.166. The number of fused-ring (bicyclic) bond motifs is 1. The molecule has 1 aromatic carbocycles. The van der Waals surface area contributed by atoms with Crippen molar-refractivity contribution < 1.29 is 22.8 Å². The molecule has 204 valence electrons. The Labute approximate surface area is 219 Å². The Hall–Kier alpha value is -2.34. The first-order chi connectivity index (χ1) is 17.8. The molecule has 3 heterocycles. The molecule has 1 aromatic rings. The minimum absolute atomic E-state index is 0.0510. The molecule has 12 heteroatoms. The topological polar surface area (TPSA) is 107 Å². The monoisotopic (exact) mass is 540 g/mol. The number of urea groups is 1. The van der Waals surface area contributed by atoms with Crippen LogP contribution in [-0.4, -0.2) is 54.3 Å². The number of benzene rings is 1. The highest BCUT2D eigenvalue weighted by molar-refractivity contribution is 8.00. The van der Waals surface area contributed by atoms with Gasteiger partial charge in [0.25, 0.3) is 0 Å². The summed E-state index contributed by atoms with van der Waals surface area (Å²) in [6.45, 7) is 2.11. The van der Waals surface area contributed by atoms with Gasteiger partial charge in [-0.05, 0) is 37.8 Å². The van der Waals surface area contributed by atoms with Gasteiger partial charge in [-0.1, -0.05) is 43.5 Å². The van der Waals surface area contributed by atoms with Gasteiger partial charge in [0.05, 0.1) is 12.1 Å². The van der Waals surface area contributed by atoms with Crippen LogP contribution >= 0.6 is 11.8 Å². The summed E-state index contributed by atoms with van der Waals surface area (Å²) >= 11 is 1.90. The lowest BCUT2D eigenvalue weighted by Crippen LogP contribution is -2.36. The average Bonchev–Trinajstić information content (AvgIpc) is 3.50. The zero-order valence-corrected chi connectivity index (χ0v) is 21.6. The minimum Gasteiger partial charge on any atom is -0.356 e. The van der Waals surface area contributed by atoms with E-state index in [0.29, 0.717) is 24.8 Å². The predicted octanol–water partition coefficient (Wildman–Crippen LogP) is 4.36. The van der Waals surface area contributed by atoms with Crippen LogP contribution in [-0.2, 0) is 17.0 Å². The second kappa shape index (κ2) is 12.5. The number of hydrogen-bond acceptors (Lipinski definition) is 6. The zero-order chi connectivity index (χ0) is 26.3. The summed E-state index contributed by atoms with van der Waals surface area (Å²) in [6, 6.07) is 6.65. The Morgan fingerprint density at radius 3 is 2.46 bits per heavy atom. The third-order valence-electron chi connectivity index (χ3n) is 7.06. The largest absolute Gasteiger partial charge is 0.442 e. The molecule has 0 spiro atoms. The summed E-state index contributed by atoms with van der Waals surface area (Å²) in [4.78, 5) is 23.5. The third-order valence-corrected chi connectivity index (χ3v) is 8.57. The van der Waals surface area contributed by atoms with Crippen LogP contribution in [0.3, 0.4) is 0 Å². The van der Waals surface area contributed by atoms with Crippen molar-refractivity contribution in [3.05, 3.63) is 35.4 Å². The average molecular weight is 541 g/mol. The molecular weight excluding hydrogens is 505 g/mol. The number of thioether (sulfide) groups is 1. The van der Waals surface area contributed by atoms with Crippen molar-refractivity contribution in [1.29, 1.82) is 0 Å². The third kappa shape index (κ3) is 7.37. The Morgan fingerprint density at radius 2 is 1.76 bits per heavy atom. The molecule has 0 saturated carbocycles. The summed E-state index contributed by atoms with van der Waals surface area (Å²) in [5.74, 6) is 1.06. The fraction of sp³-hybridized carbons (Fsp3) is 0.680. The molecule has 2 saturated heterocycles. The van der Waals surface area contributed by atoms with Crippen molar-refractivity contribution in [2.24, 2.45) is 10.2 Å². The number of halogens is 3. The first-order valence-corrected chi connectivity index (χ1v) is 14.1. The van der Waals surface area contributed by atoms with Gasteiger partial charge >= 0.3 is 17.9 Å². The number of carbonyl (C=O) groups is 2. The number of hydrogen-bond donors (Lipinski definition) is 4. The van der Waals surface area contributed by atoms with Gasteiger partial charge in [0.15, 0.2) is 0 Å². The Balaban J connectivity index is 0.954. The molecule has 4 rings (SSSR count). The van der Waals surface area contributed by atoms with Gasteiger partial charge in [-0.2, -0.15) is 24.9 Å². The molecular formula is C25H35F3N6O2S. The molecule has 0 aromatic heterocycles. The van der Waals surface area contributed by atoms with Crippen LogP contribution in [0.4, 0.5) is 18.0 Å². The Morgan fingerprint density at radius 1 is 1.03 bits per heavy atom. The van der Waals surface area contributed by atoms with E-state index in [1.54, 1.807) is 12.1 Å². The molecule has 4 N–H and O–H groups in total. The van der Waals surface area contributed by atoms with Crippen LogP contribution in [0.2, 0.25) is 0 Å². The van der Waals surface area contributed by atoms with Crippen molar-refractivity contribution in [3.63, 3.8) is 0 Å². The molecule has 0 radical (unpaired) electrons. The highest BCUT2D eigenvalue weighted by Crippen LogP contribution is 2.52. The maximum absolute atomic E-state index is 13.0. The van der Waals surface area contributed by atoms with Crippen molar-refractivity contribution in [1.82, 2.24) is 21.3 Å². The number of alkyl halides is 3. The second-order valence-electron chi connectivity index (χ2n) is 9.88. The Kier molecular flexibility index (Phi) is 9.33. The van der Waals surface area contributed by atoms with E-state index in [1.165, 1.54) is 12.1 Å². The van der Waals surface area contributed by atoms with Gasteiger partial charge in [-0.15, -0.1) is 10.2 Å². The number of nitrogens with one attached hydrogen (secondary N) is 4. The fourth-order valence-electron chi connectivity index (χ4n) is 4.85. The summed E-state index contributed by atoms with van der Waals surface area (Å²) in [6.07, 6.45) is 2.94. The normalized spacial score (nSPS) is 23.4. The molecule has 3 amide bonds. The van der Waals surface area contributed by atoms with Crippen LogP contribution in [0.5, 0.6) is 0 Å². The predicted molar refractivity (Wildman–Crippen MR) is 136 cm³/mol. The minimum atomic E-state index is -4.50. The highest BCUT2D eigenvalue weighted by Gasteiger charge is 2.65. The lowest BCUT2D eigenvalue weighted by Gasteiger charge is -2.16. The van der Waals surface area contributed by atoms with E-state index in [2.05, 4.69) is 31.5 Å². The zero-order valence-electron chi connectivity index (χ0n) is 20.8. The lowest BCUT2D eigenvalue weighted by atomic mass is 10.0. The molecule has 3 aliphatic heterocycles. The summed E-state index contributed by atoms with van der Waals surface area (Å²) in [5.41, 5.74) is -1.39. The molecule has 3 atom stereocenters. The number of nitrogens with zero attached hydrogens (tertiary/aromatic N) is 2. The Bertz CT molecular complexity index is 953. The number of rotatable bonds is 15. The van der Waals surface area contributed by atoms with E-state index in [-0.39, 0.29) is 29.6 Å². The number of amides is 3. The van der Waals surface area contributed by atoms with Gasteiger partial charge in [0, 0.05) is 36.1 Å². The van der Waals surface area contributed by atoms with E-state index in [9.17, 15) is 22.8 Å². The summed E-state index contributed by atoms with van der Waals surface area (Å²) < 4.78 is 39.1. The molecule has 0 aliphatic carbocycles. The molecule has 0 bridgehead atoms. The van der Waals surface area contributed by atoms with Crippen LogP contribution in [0.25, 0.3) is 0 Å². The quantitative estimate of drug-likeness (QED) is 0.196. The molecule has 37 heavy (non-hydrogen) atoms. The number of unbranched alkanes of at least 4 members (excludes halogenated alkanes) is 4. The second-order valence-corrected chi connectivity index (χ2v) is 11.1. The van der Waals surface area contributed by atoms with Gasteiger partial charge in [0.2, 0.25) is 5.91 Å². The van der Waals surface area contributed by atoms with Gasteiger partial charge in [0.1, 0.15) is 0 Å². The fourth-order valence-corrected chi connectivity index (χ4v) is 6.39. The van der Waals surface area contributed by atoms with Crippen LogP contribution in [0, 0.1) is 0 Å². The first-order valence-electron chi connectivity index (χ1n) is 13.0.